The van der Waals surface area contributed by atoms with Crippen LogP contribution >= 0.6 is 0 Å². The molecule has 3 amide bonds. The number of aromatic nitrogens is 1. The van der Waals surface area contributed by atoms with Gasteiger partial charge in [-0.3, -0.25) is 19.4 Å². The highest BCUT2D eigenvalue weighted by molar-refractivity contribution is 6.03. The molecule has 1 aromatic carbocycles. The van der Waals surface area contributed by atoms with E-state index in [-0.39, 0.29) is 61.8 Å². The van der Waals surface area contributed by atoms with Crippen LogP contribution in [-0.4, -0.2) is 100 Å². The number of amides is 3. The van der Waals surface area contributed by atoms with Gasteiger partial charge < -0.3 is 50.0 Å². The summed E-state index contributed by atoms with van der Waals surface area (Å²) < 4.78 is 19.4. The molecule has 3 heterocycles. The Labute approximate surface area is 256 Å². The molecule has 1 fully saturated rings. The van der Waals surface area contributed by atoms with Gasteiger partial charge in [0.2, 0.25) is 12.2 Å². The molecule has 1 saturated heterocycles. The molecule has 0 radical (unpaired) electrons. The van der Waals surface area contributed by atoms with Crippen molar-refractivity contribution < 1.29 is 43.9 Å². The molecular formula is C30H43N5O9. The first-order valence-electron chi connectivity index (χ1n) is 14.6. The van der Waals surface area contributed by atoms with E-state index in [1.54, 1.807) is 36.5 Å². The van der Waals surface area contributed by atoms with Crippen LogP contribution in [0.2, 0.25) is 0 Å². The molecule has 1 aromatic heterocycles. The Hall–Kier alpha value is -3.98. The van der Waals surface area contributed by atoms with Crippen molar-refractivity contribution in [1.29, 1.82) is 0 Å². The lowest BCUT2D eigenvalue weighted by molar-refractivity contribution is -0.185. The fraction of sp³-hybridized carbons (Fsp3) is 0.533. The van der Waals surface area contributed by atoms with Crippen LogP contribution in [0.1, 0.15) is 66.8 Å². The molecule has 14 heteroatoms. The van der Waals surface area contributed by atoms with E-state index in [0.717, 1.165) is 7.11 Å². The fourth-order valence-corrected chi connectivity index (χ4v) is 5.09. The highest BCUT2D eigenvalue weighted by Crippen LogP contribution is 2.39. The van der Waals surface area contributed by atoms with Gasteiger partial charge in [-0.25, -0.2) is 0 Å². The number of ether oxygens (including phenoxy) is 3. The number of aliphatic hydroxyl groups is 3. The maximum Gasteiger partial charge on any atom is 0.265 e. The second-order valence-corrected chi connectivity index (χ2v) is 10.4. The maximum atomic E-state index is 13.5. The van der Waals surface area contributed by atoms with Gasteiger partial charge in [0.1, 0.15) is 5.69 Å². The molecule has 0 saturated carbocycles. The van der Waals surface area contributed by atoms with Crippen LogP contribution in [0.25, 0.3) is 0 Å². The minimum absolute atomic E-state index is 0.137. The van der Waals surface area contributed by atoms with Crippen molar-refractivity contribution in [2.75, 3.05) is 32.2 Å². The third-order valence-corrected chi connectivity index (χ3v) is 7.25. The van der Waals surface area contributed by atoms with Gasteiger partial charge in [0, 0.05) is 58.4 Å². The average molecular weight is 618 g/mol. The number of rotatable bonds is 12. The summed E-state index contributed by atoms with van der Waals surface area (Å²) in [4.78, 5) is 43.7. The Balaban J connectivity index is 0.00000259. The molecule has 4 atom stereocenters. The Morgan fingerprint density at radius 3 is 2.57 bits per heavy atom. The van der Waals surface area contributed by atoms with E-state index in [2.05, 4.69) is 10.3 Å². The molecule has 242 valence electrons. The first-order valence-corrected chi connectivity index (χ1v) is 14.6. The van der Waals surface area contributed by atoms with Gasteiger partial charge in [-0.05, 0) is 31.9 Å². The molecule has 2 aliphatic heterocycles. The average Bonchev–Trinajstić information content (AvgIpc) is 3.31. The number of fused-ring (bicyclic) bond motifs is 1. The van der Waals surface area contributed by atoms with Crippen LogP contribution in [0.15, 0.2) is 29.4 Å². The summed E-state index contributed by atoms with van der Waals surface area (Å²) in [5.74, 6) is -0.520. The Kier molecular flexibility index (Phi) is 12.7. The lowest BCUT2D eigenvalue weighted by Gasteiger charge is -2.32. The van der Waals surface area contributed by atoms with Gasteiger partial charge in [-0.2, -0.15) is 0 Å². The highest BCUT2D eigenvalue weighted by Gasteiger charge is 2.32. The van der Waals surface area contributed by atoms with Crippen LogP contribution in [-0.2, 0) is 16.6 Å². The molecule has 4 rings (SSSR count). The molecule has 14 nitrogen and oxygen atoms in total. The number of hydrogen-bond donors (Lipinski definition) is 5. The van der Waals surface area contributed by atoms with E-state index in [0.29, 0.717) is 42.1 Å². The summed E-state index contributed by atoms with van der Waals surface area (Å²) in [5, 5.41) is 29.6. The quantitative estimate of drug-likeness (QED) is 0.220. The summed E-state index contributed by atoms with van der Waals surface area (Å²) in [6.45, 7) is 4.27. The summed E-state index contributed by atoms with van der Waals surface area (Å²) in [5.41, 5.74) is 6.85. The first kappa shape index (κ1) is 34.5. The van der Waals surface area contributed by atoms with Gasteiger partial charge >= 0.3 is 0 Å². The molecule has 0 aliphatic carbocycles. The van der Waals surface area contributed by atoms with E-state index < -0.39 is 24.4 Å². The van der Waals surface area contributed by atoms with Gasteiger partial charge in [0.05, 0.1) is 48.4 Å². The second-order valence-electron chi connectivity index (χ2n) is 10.4. The third kappa shape index (κ3) is 8.56. The highest BCUT2D eigenvalue weighted by atomic mass is 16.7. The van der Waals surface area contributed by atoms with Crippen LogP contribution in [0.3, 0.4) is 0 Å². The van der Waals surface area contributed by atoms with Crippen molar-refractivity contribution in [1.82, 2.24) is 9.47 Å². The van der Waals surface area contributed by atoms with E-state index >= 15 is 0 Å². The van der Waals surface area contributed by atoms with Crippen LogP contribution in [0, 0.1) is 0 Å². The lowest BCUT2D eigenvalue weighted by atomic mass is 10.1. The van der Waals surface area contributed by atoms with Gasteiger partial charge in [-0.15, -0.1) is 0 Å². The lowest BCUT2D eigenvalue weighted by Crippen LogP contribution is -2.40. The summed E-state index contributed by atoms with van der Waals surface area (Å²) in [6.07, 6.45) is 2.83. The summed E-state index contributed by atoms with van der Waals surface area (Å²) in [7, 11) is 2.66. The smallest absolute Gasteiger partial charge is 0.265 e. The zero-order valence-electron chi connectivity index (χ0n) is 25.6. The number of nitrogens with two attached hydrogens (primary N) is 1. The molecule has 0 spiro atoms. The predicted molar refractivity (Wildman–Crippen MR) is 162 cm³/mol. The molecule has 44 heavy (non-hydrogen) atoms. The number of carbonyl (C=O) groups is 3. The molecular weight excluding hydrogens is 574 g/mol. The standard InChI is InChI=1S/C29H39N5O8.CH4O/c1-4-18-14-31-22-13-24(40-8-6-7-26(37)32-17-9-23(28(30)38)33(3)15-17)25(12-21(22)29(39)34(18)5-2)42-27-11-19(36)10-20(16-35)41-27;1-2/h9,12-15,18-20,27,35-36H,4-8,10-11,16H2,1-3H3,(H2,30,38)(H,32,37);2H,1H3. The number of primary amides is 1. The maximum absolute atomic E-state index is 13.5. The Morgan fingerprint density at radius 1 is 1.18 bits per heavy atom. The second kappa shape index (κ2) is 16.2. The minimum atomic E-state index is -0.872. The van der Waals surface area contributed by atoms with Gasteiger partial charge in [0.15, 0.2) is 11.5 Å². The number of anilines is 1. The molecule has 2 aliphatic rings. The normalized spacial score (nSPS) is 21.1. The molecule has 4 unspecified atom stereocenters. The number of nitrogens with one attached hydrogen (secondary N) is 1. The summed E-state index contributed by atoms with van der Waals surface area (Å²) in [6, 6.07) is 4.55. The number of aliphatic imine (C=N–C) groups is 1. The fourth-order valence-electron chi connectivity index (χ4n) is 5.09. The number of hydrogen-bond acceptors (Lipinski definition) is 10. The van der Waals surface area contributed by atoms with Gasteiger partial charge in [-0.1, -0.05) is 6.92 Å². The van der Waals surface area contributed by atoms with Crippen molar-refractivity contribution in [2.45, 2.75) is 70.5 Å². The van der Waals surface area contributed by atoms with Crippen LogP contribution in [0.4, 0.5) is 11.4 Å². The number of aliphatic hydroxyl groups excluding tert-OH is 3. The largest absolute Gasteiger partial charge is 0.490 e. The van der Waals surface area contributed by atoms with Crippen molar-refractivity contribution in [3.8, 4) is 11.5 Å². The minimum Gasteiger partial charge on any atom is -0.490 e. The predicted octanol–water partition coefficient (Wildman–Crippen LogP) is 1.72. The molecule has 0 bridgehead atoms. The van der Waals surface area contributed by atoms with E-state index in [1.807, 2.05) is 13.8 Å². The van der Waals surface area contributed by atoms with Crippen LogP contribution in [0.5, 0.6) is 11.5 Å². The Bertz CT molecular complexity index is 1330. The number of nitrogens with zero attached hydrogens (tertiary/aromatic N) is 3. The molecule has 2 aromatic rings. The van der Waals surface area contributed by atoms with E-state index in [4.69, 9.17) is 25.1 Å². The van der Waals surface area contributed by atoms with Gasteiger partial charge in [0.25, 0.3) is 11.8 Å². The third-order valence-electron chi connectivity index (χ3n) is 7.25. The van der Waals surface area contributed by atoms with Crippen molar-refractivity contribution >= 4 is 35.3 Å². The number of carbonyl (C=O) groups excluding carboxylic acids is 3. The first-order chi connectivity index (χ1) is 21.1. The summed E-state index contributed by atoms with van der Waals surface area (Å²) >= 11 is 0. The zero-order valence-corrected chi connectivity index (χ0v) is 25.6. The molecule has 6 N–H and O–H groups in total. The van der Waals surface area contributed by atoms with Crippen molar-refractivity contribution in [3.63, 3.8) is 0 Å². The Morgan fingerprint density at radius 2 is 1.93 bits per heavy atom. The van der Waals surface area contributed by atoms with E-state index in [1.165, 1.54) is 10.6 Å². The SMILES string of the molecule is CCC1C=Nc2cc(OCCCC(=O)Nc3cc(C(N)=O)n(C)c3)c(OC3CC(O)CC(CO)O3)cc2C(=O)N1CC.CO. The van der Waals surface area contributed by atoms with E-state index in [9.17, 15) is 24.6 Å². The monoisotopic (exact) mass is 617 g/mol. The topological polar surface area (TPSA) is 198 Å². The van der Waals surface area contributed by atoms with Crippen molar-refractivity contribution in [2.24, 2.45) is 17.8 Å². The van der Waals surface area contributed by atoms with Crippen LogP contribution < -0.4 is 20.5 Å². The number of benzene rings is 1. The zero-order chi connectivity index (χ0) is 32.4. The number of aryl methyl sites for hydroxylation is 1. The van der Waals surface area contributed by atoms with Crippen molar-refractivity contribution in [3.05, 3.63) is 35.7 Å².